The maximum atomic E-state index is 12.7. The molecule has 8 heteroatoms. The van der Waals surface area contributed by atoms with Crippen molar-refractivity contribution in [2.75, 3.05) is 44.3 Å². The van der Waals surface area contributed by atoms with Crippen molar-refractivity contribution in [3.05, 3.63) is 29.8 Å². The average Bonchev–Trinajstić information content (AvgIpc) is 3.13. The summed E-state index contributed by atoms with van der Waals surface area (Å²) in [7, 11) is 0. The minimum absolute atomic E-state index is 0.127. The van der Waals surface area contributed by atoms with E-state index in [0.29, 0.717) is 26.3 Å². The number of aromatic nitrogens is 3. The van der Waals surface area contributed by atoms with Crippen LogP contribution in [0.15, 0.2) is 29.4 Å². The number of nitrogens with zero attached hydrogens (tertiary/aromatic N) is 5. The van der Waals surface area contributed by atoms with E-state index >= 15 is 0 Å². The lowest BCUT2D eigenvalue weighted by Gasteiger charge is -2.28. The Balaban J connectivity index is 1.94. The summed E-state index contributed by atoms with van der Waals surface area (Å²) in [6.07, 6.45) is 0. The molecule has 28 heavy (non-hydrogen) atoms. The summed E-state index contributed by atoms with van der Waals surface area (Å²) in [4.78, 5) is 16.8. The summed E-state index contributed by atoms with van der Waals surface area (Å²) in [5.41, 5.74) is 2.18. The number of ether oxygens (including phenoxy) is 1. The molecule has 0 N–H and O–H groups in total. The summed E-state index contributed by atoms with van der Waals surface area (Å²) >= 11 is 1.46. The number of hydrogen-bond donors (Lipinski definition) is 0. The molecule has 0 aliphatic carbocycles. The minimum Gasteiger partial charge on any atom is -0.378 e. The molecule has 1 atom stereocenters. The first-order valence-corrected chi connectivity index (χ1v) is 10.7. The molecule has 1 amide bonds. The molecule has 1 saturated heterocycles. The fraction of sp³-hybridized carbons (Fsp3) is 0.550. The van der Waals surface area contributed by atoms with Crippen molar-refractivity contribution in [2.24, 2.45) is 0 Å². The fourth-order valence-corrected chi connectivity index (χ4v) is 4.25. The Morgan fingerprint density at radius 3 is 2.61 bits per heavy atom. The van der Waals surface area contributed by atoms with Gasteiger partial charge in [-0.25, -0.2) is 0 Å². The topological polar surface area (TPSA) is 63.5 Å². The number of hydrogen-bond acceptors (Lipinski definition) is 6. The molecule has 1 aromatic carbocycles. The standard InChI is InChI=1S/C20H29N5O2S/c1-5-23(6-2)18(26)16(4)28-20-22-21-19(24-10-12-27-13-11-24)25(20)17-9-7-8-15(3)14-17/h7-9,14,16H,5-6,10-13H2,1-4H3. The molecule has 1 aliphatic heterocycles. The van der Waals surface area contributed by atoms with Gasteiger partial charge in [0, 0.05) is 26.2 Å². The minimum atomic E-state index is -0.231. The van der Waals surface area contributed by atoms with Gasteiger partial charge in [0.1, 0.15) is 0 Å². The zero-order valence-corrected chi connectivity index (χ0v) is 17.9. The van der Waals surface area contributed by atoms with Crippen molar-refractivity contribution >= 4 is 23.6 Å². The van der Waals surface area contributed by atoms with Crippen molar-refractivity contribution in [2.45, 2.75) is 38.1 Å². The van der Waals surface area contributed by atoms with Crippen LogP contribution in [0.3, 0.4) is 0 Å². The van der Waals surface area contributed by atoms with E-state index in [1.807, 2.05) is 31.7 Å². The van der Waals surface area contributed by atoms with Gasteiger partial charge in [-0.15, -0.1) is 10.2 Å². The average molecular weight is 404 g/mol. The molecule has 0 bridgehead atoms. The maximum Gasteiger partial charge on any atom is 0.235 e. The van der Waals surface area contributed by atoms with E-state index in [9.17, 15) is 4.79 Å². The first-order chi connectivity index (χ1) is 13.5. The molecule has 0 spiro atoms. The molecule has 1 aromatic heterocycles. The third-order valence-corrected chi connectivity index (χ3v) is 5.91. The van der Waals surface area contributed by atoms with Crippen LogP contribution in [0.1, 0.15) is 26.3 Å². The lowest BCUT2D eigenvalue weighted by molar-refractivity contribution is -0.129. The van der Waals surface area contributed by atoms with Gasteiger partial charge >= 0.3 is 0 Å². The molecule has 152 valence electrons. The van der Waals surface area contributed by atoms with Gasteiger partial charge in [0.25, 0.3) is 0 Å². The van der Waals surface area contributed by atoms with Gasteiger partial charge < -0.3 is 14.5 Å². The van der Waals surface area contributed by atoms with Crippen LogP contribution in [0, 0.1) is 6.92 Å². The summed E-state index contributed by atoms with van der Waals surface area (Å²) in [5.74, 6) is 0.931. The summed E-state index contributed by atoms with van der Waals surface area (Å²) < 4.78 is 7.55. The predicted molar refractivity (Wildman–Crippen MR) is 112 cm³/mol. The number of aryl methyl sites for hydroxylation is 1. The molecule has 2 heterocycles. The van der Waals surface area contributed by atoms with Crippen molar-refractivity contribution in [1.29, 1.82) is 0 Å². The summed E-state index contributed by atoms with van der Waals surface area (Å²) in [6.45, 7) is 12.4. The zero-order valence-electron chi connectivity index (χ0n) is 17.1. The van der Waals surface area contributed by atoms with E-state index in [1.54, 1.807) is 0 Å². The van der Waals surface area contributed by atoms with Crippen LogP contribution in [0.2, 0.25) is 0 Å². The number of amides is 1. The normalized spacial score (nSPS) is 15.5. The van der Waals surface area contributed by atoms with E-state index in [2.05, 4.69) is 44.8 Å². The van der Waals surface area contributed by atoms with Crippen LogP contribution < -0.4 is 4.90 Å². The van der Waals surface area contributed by atoms with Crippen LogP contribution in [-0.2, 0) is 9.53 Å². The molecule has 0 saturated carbocycles. The number of thioether (sulfide) groups is 1. The molecule has 1 fully saturated rings. The Morgan fingerprint density at radius 1 is 1.25 bits per heavy atom. The highest BCUT2D eigenvalue weighted by Crippen LogP contribution is 2.30. The van der Waals surface area contributed by atoms with Gasteiger partial charge in [-0.3, -0.25) is 9.36 Å². The third kappa shape index (κ3) is 4.50. The SMILES string of the molecule is CCN(CC)C(=O)C(C)Sc1nnc(N2CCOCC2)n1-c1cccc(C)c1. The number of carbonyl (C=O) groups is 1. The van der Waals surface area contributed by atoms with Gasteiger partial charge in [-0.2, -0.15) is 0 Å². The fourth-order valence-electron chi connectivity index (χ4n) is 3.30. The van der Waals surface area contributed by atoms with E-state index in [0.717, 1.165) is 29.9 Å². The first-order valence-electron chi connectivity index (χ1n) is 9.85. The Hall–Kier alpha value is -2.06. The van der Waals surface area contributed by atoms with Crippen LogP contribution >= 0.6 is 11.8 Å². The highest BCUT2D eigenvalue weighted by molar-refractivity contribution is 8.00. The first kappa shape index (κ1) is 20.7. The Morgan fingerprint density at radius 2 is 1.96 bits per heavy atom. The largest absolute Gasteiger partial charge is 0.378 e. The van der Waals surface area contributed by atoms with Gasteiger partial charge in [-0.1, -0.05) is 23.9 Å². The smallest absolute Gasteiger partial charge is 0.235 e. The van der Waals surface area contributed by atoms with Crippen molar-refractivity contribution < 1.29 is 9.53 Å². The Labute approximate surface area is 171 Å². The van der Waals surface area contributed by atoms with Gasteiger partial charge in [0.05, 0.1) is 24.2 Å². The number of anilines is 1. The second-order valence-corrected chi connectivity index (χ2v) is 8.13. The number of benzene rings is 1. The lowest BCUT2D eigenvalue weighted by atomic mass is 10.2. The second-order valence-electron chi connectivity index (χ2n) is 6.83. The van der Waals surface area contributed by atoms with Crippen LogP contribution in [0.5, 0.6) is 0 Å². The molecule has 3 rings (SSSR count). The number of rotatable bonds is 7. The van der Waals surface area contributed by atoms with Gasteiger partial charge in [0.2, 0.25) is 11.9 Å². The molecular formula is C20H29N5O2S. The summed E-state index contributed by atoms with van der Waals surface area (Å²) in [6, 6.07) is 8.28. The van der Waals surface area contributed by atoms with E-state index < -0.39 is 0 Å². The van der Waals surface area contributed by atoms with Gasteiger partial charge in [0.15, 0.2) is 5.16 Å². The number of morpholine rings is 1. The van der Waals surface area contributed by atoms with Crippen LogP contribution in [0.25, 0.3) is 5.69 Å². The molecular weight excluding hydrogens is 374 g/mol. The van der Waals surface area contributed by atoms with E-state index in [4.69, 9.17) is 4.74 Å². The Bertz CT molecular complexity index is 800. The predicted octanol–water partition coefficient (Wildman–Crippen LogP) is 2.76. The monoisotopic (exact) mass is 403 g/mol. The third-order valence-electron chi connectivity index (χ3n) is 4.88. The van der Waals surface area contributed by atoms with Crippen molar-refractivity contribution in [3.63, 3.8) is 0 Å². The molecule has 7 nitrogen and oxygen atoms in total. The van der Waals surface area contributed by atoms with E-state index in [1.165, 1.54) is 17.3 Å². The molecule has 1 unspecified atom stereocenters. The van der Waals surface area contributed by atoms with Gasteiger partial charge in [-0.05, 0) is 45.4 Å². The van der Waals surface area contributed by atoms with Crippen molar-refractivity contribution in [3.8, 4) is 5.69 Å². The quantitative estimate of drug-likeness (QED) is 0.663. The maximum absolute atomic E-state index is 12.7. The lowest BCUT2D eigenvalue weighted by Crippen LogP contribution is -2.38. The van der Waals surface area contributed by atoms with Crippen LogP contribution in [-0.4, -0.2) is 70.2 Å². The Kier molecular flexibility index (Phi) is 6.96. The zero-order chi connectivity index (χ0) is 20.1. The van der Waals surface area contributed by atoms with Crippen molar-refractivity contribution in [1.82, 2.24) is 19.7 Å². The highest BCUT2D eigenvalue weighted by atomic mass is 32.2. The molecule has 1 aliphatic rings. The molecule has 2 aromatic rings. The number of carbonyl (C=O) groups excluding carboxylic acids is 1. The van der Waals surface area contributed by atoms with E-state index in [-0.39, 0.29) is 11.2 Å². The highest BCUT2D eigenvalue weighted by Gasteiger charge is 2.26. The molecule has 0 radical (unpaired) electrons. The summed E-state index contributed by atoms with van der Waals surface area (Å²) in [5, 5.41) is 9.44. The van der Waals surface area contributed by atoms with Crippen LogP contribution in [0.4, 0.5) is 5.95 Å². The second kappa shape index (κ2) is 9.43.